The van der Waals surface area contributed by atoms with Crippen molar-refractivity contribution in [2.75, 3.05) is 26.7 Å². The fraction of sp³-hybridized carbons (Fsp3) is 0.458. The van der Waals surface area contributed by atoms with Gasteiger partial charge in [0.25, 0.3) is 15.9 Å². The van der Waals surface area contributed by atoms with Crippen LogP contribution in [-0.2, 0) is 22.9 Å². The van der Waals surface area contributed by atoms with Gasteiger partial charge in [-0.15, -0.1) is 12.4 Å². The highest BCUT2D eigenvalue weighted by molar-refractivity contribution is 7.90. The van der Waals surface area contributed by atoms with Crippen molar-refractivity contribution in [1.82, 2.24) is 9.21 Å². The molecule has 0 radical (unpaired) electrons. The lowest BCUT2D eigenvalue weighted by atomic mass is 9.86. The van der Waals surface area contributed by atoms with Crippen LogP contribution in [0.15, 0.2) is 47.4 Å². The molecule has 32 heavy (non-hydrogen) atoms. The Morgan fingerprint density at radius 2 is 1.91 bits per heavy atom. The van der Waals surface area contributed by atoms with Gasteiger partial charge in [-0.25, -0.2) is 12.7 Å². The predicted molar refractivity (Wildman–Crippen MR) is 127 cm³/mol. The fourth-order valence-electron chi connectivity index (χ4n) is 4.87. The smallest absolute Gasteiger partial charge is 0.269 e. The summed E-state index contributed by atoms with van der Waals surface area (Å²) in [4.78, 5) is 15.2. The average Bonchev–Trinajstić information content (AvgIpc) is 2.98. The molecule has 4 rings (SSSR count). The van der Waals surface area contributed by atoms with E-state index in [0.717, 1.165) is 48.8 Å². The maximum atomic E-state index is 12.8. The van der Waals surface area contributed by atoms with Gasteiger partial charge in [0.1, 0.15) is 10.6 Å². The van der Waals surface area contributed by atoms with E-state index in [1.165, 1.54) is 17.2 Å². The SMILES string of the molecule is CCCN(CCCN1C(=O)c2ccccc2S1(=O)=O)C1CCc2cccc(OC)c2C1.Cl. The number of nitrogens with zero attached hydrogens (tertiary/aromatic N) is 2. The molecule has 0 fully saturated rings. The van der Waals surface area contributed by atoms with Gasteiger partial charge in [-0.3, -0.25) is 9.69 Å². The molecule has 6 nitrogen and oxygen atoms in total. The van der Waals surface area contributed by atoms with Crippen LogP contribution in [0, 0.1) is 0 Å². The summed E-state index contributed by atoms with van der Waals surface area (Å²) in [6.45, 7) is 4.09. The quantitative estimate of drug-likeness (QED) is 0.575. The van der Waals surface area contributed by atoms with E-state index in [1.54, 1.807) is 25.3 Å². The molecule has 1 heterocycles. The number of carbonyl (C=O) groups excluding carboxylic acids is 1. The van der Waals surface area contributed by atoms with Crippen LogP contribution in [0.25, 0.3) is 0 Å². The van der Waals surface area contributed by atoms with Crippen LogP contribution in [0.2, 0.25) is 0 Å². The lowest BCUT2D eigenvalue weighted by Crippen LogP contribution is -2.42. The highest BCUT2D eigenvalue weighted by Crippen LogP contribution is 2.32. The molecule has 0 aromatic heterocycles. The Balaban J connectivity index is 0.00000289. The zero-order chi connectivity index (χ0) is 22.0. The highest BCUT2D eigenvalue weighted by Gasteiger charge is 2.40. The first-order valence-corrected chi connectivity index (χ1v) is 12.5. The van der Waals surface area contributed by atoms with Crippen LogP contribution in [-0.4, -0.2) is 56.3 Å². The molecule has 1 aliphatic carbocycles. The summed E-state index contributed by atoms with van der Waals surface area (Å²) in [7, 11) is -2.01. The topological polar surface area (TPSA) is 66.9 Å². The first-order chi connectivity index (χ1) is 15.0. The highest BCUT2D eigenvalue weighted by atomic mass is 35.5. The lowest BCUT2D eigenvalue weighted by molar-refractivity contribution is 0.0863. The van der Waals surface area contributed by atoms with Crippen LogP contribution in [0.5, 0.6) is 5.75 Å². The Hall–Kier alpha value is -2.09. The van der Waals surface area contributed by atoms with Gasteiger partial charge in [0.2, 0.25) is 0 Å². The van der Waals surface area contributed by atoms with Crippen molar-refractivity contribution < 1.29 is 17.9 Å². The summed E-state index contributed by atoms with van der Waals surface area (Å²) in [5, 5.41) is 0. The zero-order valence-electron chi connectivity index (χ0n) is 18.6. The minimum absolute atomic E-state index is 0. The molecule has 0 N–H and O–H groups in total. The summed E-state index contributed by atoms with van der Waals surface area (Å²) >= 11 is 0. The number of hydrogen-bond donors (Lipinski definition) is 0. The van der Waals surface area contributed by atoms with Crippen LogP contribution < -0.4 is 4.74 Å². The van der Waals surface area contributed by atoms with Crippen molar-refractivity contribution in [3.63, 3.8) is 0 Å². The van der Waals surface area contributed by atoms with Crippen molar-refractivity contribution in [2.24, 2.45) is 0 Å². The number of benzene rings is 2. The van der Waals surface area contributed by atoms with E-state index < -0.39 is 15.9 Å². The third kappa shape index (κ3) is 4.51. The molecule has 0 saturated heterocycles. The molecular formula is C24H31ClN2O4S. The summed E-state index contributed by atoms with van der Waals surface area (Å²) in [5.74, 6) is 0.541. The van der Waals surface area contributed by atoms with Crippen LogP contribution in [0.1, 0.15) is 47.7 Å². The maximum absolute atomic E-state index is 12.8. The van der Waals surface area contributed by atoms with E-state index in [2.05, 4.69) is 17.9 Å². The normalized spacial score (nSPS) is 18.8. The van der Waals surface area contributed by atoms with Gasteiger partial charge < -0.3 is 4.74 Å². The van der Waals surface area contributed by atoms with Gasteiger partial charge in [0.15, 0.2) is 0 Å². The Kier molecular flexibility index (Phi) is 7.85. The molecule has 1 amide bonds. The van der Waals surface area contributed by atoms with E-state index in [4.69, 9.17) is 4.74 Å². The van der Waals surface area contributed by atoms with Crippen LogP contribution in [0.3, 0.4) is 0 Å². The summed E-state index contributed by atoms with van der Waals surface area (Å²) in [6.07, 6.45) is 4.68. The fourth-order valence-corrected chi connectivity index (χ4v) is 6.48. The molecule has 2 aliphatic rings. The molecule has 0 bridgehead atoms. The summed E-state index contributed by atoms with van der Waals surface area (Å²) in [6, 6.07) is 13.1. The third-order valence-corrected chi connectivity index (χ3v) is 8.22. The molecule has 1 atom stereocenters. The average molecular weight is 479 g/mol. The Bertz CT molecular complexity index is 1060. The second-order valence-corrected chi connectivity index (χ2v) is 10.1. The van der Waals surface area contributed by atoms with E-state index in [-0.39, 0.29) is 29.4 Å². The van der Waals surface area contributed by atoms with E-state index >= 15 is 0 Å². The van der Waals surface area contributed by atoms with Crippen LogP contribution >= 0.6 is 12.4 Å². The first-order valence-electron chi connectivity index (χ1n) is 11.0. The van der Waals surface area contributed by atoms with Gasteiger partial charge >= 0.3 is 0 Å². The number of sulfonamides is 1. The number of rotatable bonds is 8. The van der Waals surface area contributed by atoms with Gasteiger partial charge in [0.05, 0.1) is 12.7 Å². The number of aryl methyl sites for hydroxylation is 1. The van der Waals surface area contributed by atoms with E-state index in [1.807, 2.05) is 12.1 Å². The van der Waals surface area contributed by atoms with Gasteiger partial charge in [-0.1, -0.05) is 31.2 Å². The molecule has 1 unspecified atom stereocenters. The van der Waals surface area contributed by atoms with E-state index in [9.17, 15) is 13.2 Å². The molecule has 0 spiro atoms. The molecule has 8 heteroatoms. The molecule has 174 valence electrons. The van der Waals surface area contributed by atoms with Crippen LogP contribution in [0.4, 0.5) is 0 Å². The Labute approximate surface area is 197 Å². The second-order valence-electron chi connectivity index (χ2n) is 8.26. The zero-order valence-corrected chi connectivity index (χ0v) is 20.3. The second kappa shape index (κ2) is 10.2. The van der Waals surface area contributed by atoms with E-state index in [0.29, 0.717) is 12.5 Å². The number of methoxy groups -OCH3 is 1. The molecule has 1 aliphatic heterocycles. The first kappa shape index (κ1) is 24.6. The molecule has 2 aromatic carbocycles. The van der Waals surface area contributed by atoms with Gasteiger partial charge in [-0.2, -0.15) is 0 Å². The molecule has 0 saturated carbocycles. The molecule has 2 aromatic rings. The lowest BCUT2D eigenvalue weighted by Gasteiger charge is -2.36. The Morgan fingerprint density at radius 1 is 1.12 bits per heavy atom. The number of carbonyl (C=O) groups is 1. The minimum atomic E-state index is -3.73. The number of ether oxygens (including phenoxy) is 1. The van der Waals surface area contributed by atoms with Crippen molar-refractivity contribution in [1.29, 1.82) is 0 Å². The number of hydrogen-bond acceptors (Lipinski definition) is 5. The number of fused-ring (bicyclic) bond motifs is 2. The van der Waals surface area contributed by atoms with Crippen molar-refractivity contribution >= 4 is 28.3 Å². The monoisotopic (exact) mass is 478 g/mol. The summed E-state index contributed by atoms with van der Waals surface area (Å²) < 4.78 is 32.2. The largest absolute Gasteiger partial charge is 0.496 e. The standard InChI is InChI=1S/C24H30N2O4S.ClH/c1-3-14-25(19-13-12-18-8-6-10-22(30-2)21(18)17-19)15-7-16-26-24(27)20-9-4-5-11-23(20)31(26,28)29;/h4-6,8-11,19H,3,7,12-17H2,1-2H3;1H. The number of halogens is 1. The van der Waals surface area contributed by atoms with Gasteiger partial charge in [-0.05, 0) is 68.0 Å². The predicted octanol–water partition coefficient (Wildman–Crippen LogP) is 3.92. The van der Waals surface area contributed by atoms with Crippen molar-refractivity contribution in [2.45, 2.75) is 50.0 Å². The third-order valence-electron chi connectivity index (χ3n) is 6.38. The van der Waals surface area contributed by atoms with Crippen molar-refractivity contribution in [3.05, 3.63) is 59.2 Å². The summed E-state index contributed by atoms with van der Waals surface area (Å²) in [5.41, 5.74) is 2.93. The Morgan fingerprint density at radius 3 is 2.62 bits per heavy atom. The number of amides is 1. The molecular weight excluding hydrogens is 448 g/mol. The van der Waals surface area contributed by atoms with Gasteiger partial charge in [0, 0.05) is 19.1 Å². The minimum Gasteiger partial charge on any atom is -0.496 e. The van der Waals surface area contributed by atoms with Crippen molar-refractivity contribution in [3.8, 4) is 5.75 Å². The maximum Gasteiger partial charge on any atom is 0.269 e.